The van der Waals surface area contributed by atoms with Crippen LogP contribution in [0.4, 0.5) is 4.39 Å². The molecule has 104 valence electrons. The van der Waals surface area contributed by atoms with Gasteiger partial charge in [-0.3, -0.25) is 9.36 Å². The fraction of sp³-hybridized carbons (Fsp3) is 0.143. The van der Waals surface area contributed by atoms with Gasteiger partial charge in [0.15, 0.2) is 0 Å². The Bertz CT molecular complexity index is 736. The van der Waals surface area contributed by atoms with Crippen molar-refractivity contribution in [1.29, 1.82) is 0 Å². The normalized spacial score (nSPS) is 10.3. The summed E-state index contributed by atoms with van der Waals surface area (Å²) in [5, 5.41) is 9.33. The summed E-state index contributed by atoms with van der Waals surface area (Å²) < 4.78 is 19.5. The molecule has 2 aromatic rings. The molecule has 2 rings (SSSR count). The molecule has 1 heterocycles. The molecule has 0 radical (unpaired) electrons. The Balaban J connectivity index is 2.70. The maximum absolute atomic E-state index is 13.9. The number of aryl methyl sites for hydroxylation is 1. The number of methoxy groups -OCH3 is 1. The van der Waals surface area contributed by atoms with E-state index in [0.29, 0.717) is 5.69 Å². The SMILES string of the molecule is COC(=O)c1ccc(F)c(-n2c(C)cc(O)cc2=O)c1. The smallest absolute Gasteiger partial charge is 0.337 e. The fourth-order valence-corrected chi connectivity index (χ4v) is 1.92. The number of nitrogens with zero attached hydrogens (tertiary/aromatic N) is 1. The lowest BCUT2D eigenvalue weighted by Crippen LogP contribution is -2.20. The van der Waals surface area contributed by atoms with E-state index in [9.17, 15) is 19.1 Å². The average Bonchev–Trinajstić information content (AvgIpc) is 2.38. The summed E-state index contributed by atoms with van der Waals surface area (Å²) in [6.45, 7) is 1.55. The first-order chi connectivity index (χ1) is 9.43. The molecule has 0 saturated carbocycles. The van der Waals surface area contributed by atoms with Crippen LogP contribution in [0.1, 0.15) is 16.1 Å². The summed E-state index contributed by atoms with van der Waals surface area (Å²) in [4.78, 5) is 23.3. The molecule has 0 unspecified atom stereocenters. The lowest BCUT2D eigenvalue weighted by atomic mass is 10.1. The van der Waals surface area contributed by atoms with Gasteiger partial charge < -0.3 is 9.84 Å². The van der Waals surface area contributed by atoms with Gasteiger partial charge in [0.2, 0.25) is 0 Å². The molecule has 1 aromatic carbocycles. The Morgan fingerprint density at radius 2 is 2.00 bits per heavy atom. The van der Waals surface area contributed by atoms with Crippen LogP contribution in [0.25, 0.3) is 5.69 Å². The van der Waals surface area contributed by atoms with Crippen LogP contribution in [0.15, 0.2) is 35.1 Å². The van der Waals surface area contributed by atoms with Crippen molar-refractivity contribution in [3.8, 4) is 11.4 Å². The zero-order chi connectivity index (χ0) is 14.9. The second kappa shape index (κ2) is 5.16. The molecule has 1 N–H and O–H groups in total. The third-order valence-electron chi connectivity index (χ3n) is 2.81. The predicted octanol–water partition coefficient (Wildman–Crippen LogP) is 1.78. The van der Waals surface area contributed by atoms with Crippen molar-refractivity contribution in [2.75, 3.05) is 7.11 Å². The summed E-state index contributed by atoms with van der Waals surface area (Å²) in [5.41, 5.74) is -0.196. The van der Waals surface area contributed by atoms with Gasteiger partial charge in [-0.05, 0) is 31.2 Å². The molecule has 0 bridgehead atoms. The first kappa shape index (κ1) is 13.8. The molecule has 0 aliphatic heterocycles. The number of hydrogen-bond donors (Lipinski definition) is 1. The lowest BCUT2D eigenvalue weighted by Gasteiger charge is -2.12. The molecule has 0 aliphatic rings. The van der Waals surface area contributed by atoms with E-state index in [4.69, 9.17) is 0 Å². The molecule has 5 nitrogen and oxygen atoms in total. The van der Waals surface area contributed by atoms with Crippen molar-refractivity contribution in [1.82, 2.24) is 4.57 Å². The molecular formula is C14H12FNO4. The van der Waals surface area contributed by atoms with Crippen LogP contribution in [0, 0.1) is 12.7 Å². The van der Waals surface area contributed by atoms with E-state index in [2.05, 4.69) is 4.74 Å². The Morgan fingerprint density at radius 1 is 1.30 bits per heavy atom. The van der Waals surface area contributed by atoms with Crippen molar-refractivity contribution in [3.63, 3.8) is 0 Å². The number of hydrogen-bond acceptors (Lipinski definition) is 4. The van der Waals surface area contributed by atoms with Gasteiger partial charge in [-0.2, -0.15) is 0 Å². The van der Waals surface area contributed by atoms with Crippen LogP contribution in [-0.2, 0) is 4.74 Å². The molecular weight excluding hydrogens is 265 g/mol. The topological polar surface area (TPSA) is 68.5 Å². The van der Waals surface area contributed by atoms with Gasteiger partial charge >= 0.3 is 5.97 Å². The summed E-state index contributed by atoms with van der Waals surface area (Å²) in [6.07, 6.45) is 0. The van der Waals surface area contributed by atoms with Crippen LogP contribution in [-0.4, -0.2) is 22.8 Å². The molecule has 0 saturated heterocycles. The highest BCUT2D eigenvalue weighted by Gasteiger charge is 2.14. The van der Waals surface area contributed by atoms with Crippen LogP contribution < -0.4 is 5.56 Å². The molecule has 0 atom stereocenters. The number of carbonyl (C=O) groups is 1. The van der Waals surface area contributed by atoms with Crippen LogP contribution in [0.3, 0.4) is 0 Å². The minimum Gasteiger partial charge on any atom is -0.508 e. The fourth-order valence-electron chi connectivity index (χ4n) is 1.92. The van der Waals surface area contributed by atoms with Gasteiger partial charge in [0, 0.05) is 11.8 Å². The number of halogens is 1. The zero-order valence-electron chi connectivity index (χ0n) is 10.9. The van der Waals surface area contributed by atoms with Crippen molar-refractivity contribution in [3.05, 3.63) is 57.8 Å². The Hall–Kier alpha value is -2.63. The average molecular weight is 277 g/mol. The van der Waals surface area contributed by atoms with Crippen molar-refractivity contribution in [2.45, 2.75) is 6.92 Å². The Kier molecular flexibility index (Phi) is 3.56. The minimum atomic E-state index is -0.659. The van der Waals surface area contributed by atoms with E-state index in [0.717, 1.165) is 16.7 Å². The molecule has 0 amide bonds. The highest BCUT2D eigenvalue weighted by molar-refractivity contribution is 5.90. The molecule has 6 heteroatoms. The second-order valence-electron chi connectivity index (χ2n) is 4.19. The lowest BCUT2D eigenvalue weighted by molar-refractivity contribution is 0.0600. The van der Waals surface area contributed by atoms with E-state index < -0.39 is 17.3 Å². The van der Waals surface area contributed by atoms with Crippen LogP contribution >= 0.6 is 0 Å². The summed E-state index contributed by atoms with van der Waals surface area (Å²) in [7, 11) is 1.21. The number of esters is 1. The third-order valence-corrected chi connectivity index (χ3v) is 2.81. The largest absolute Gasteiger partial charge is 0.508 e. The van der Waals surface area contributed by atoms with Gasteiger partial charge in [-0.15, -0.1) is 0 Å². The second-order valence-corrected chi connectivity index (χ2v) is 4.19. The van der Waals surface area contributed by atoms with E-state index >= 15 is 0 Å². The van der Waals surface area contributed by atoms with Gasteiger partial charge in [-0.25, -0.2) is 9.18 Å². The molecule has 0 fully saturated rings. The monoisotopic (exact) mass is 277 g/mol. The van der Waals surface area contributed by atoms with E-state index in [1.165, 1.54) is 25.3 Å². The number of benzene rings is 1. The first-order valence-corrected chi connectivity index (χ1v) is 5.75. The minimum absolute atomic E-state index is 0.0737. The number of aromatic nitrogens is 1. The number of aromatic hydroxyl groups is 1. The third kappa shape index (κ3) is 2.40. The molecule has 0 spiro atoms. The van der Waals surface area contributed by atoms with Gasteiger partial charge in [-0.1, -0.05) is 0 Å². The predicted molar refractivity (Wildman–Crippen MR) is 69.7 cm³/mol. The number of pyridine rings is 1. The van der Waals surface area contributed by atoms with E-state index in [1.54, 1.807) is 6.92 Å². The van der Waals surface area contributed by atoms with Crippen LogP contribution in [0.5, 0.6) is 5.75 Å². The first-order valence-electron chi connectivity index (χ1n) is 5.75. The van der Waals surface area contributed by atoms with E-state index in [-0.39, 0.29) is 17.0 Å². The number of carbonyl (C=O) groups excluding carboxylic acids is 1. The zero-order valence-corrected chi connectivity index (χ0v) is 10.9. The highest BCUT2D eigenvalue weighted by Crippen LogP contribution is 2.18. The summed E-state index contributed by atoms with van der Waals surface area (Å²) in [5.74, 6) is -1.49. The molecule has 1 aromatic heterocycles. The van der Waals surface area contributed by atoms with Gasteiger partial charge in [0.05, 0.1) is 18.4 Å². The number of ether oxygens (including phenoxy) is 1. The summed E-state index contributed by atoms with van der Waals surface area (Å²) >= 11 is 0. The Morgan fingerprint density at radius 3 is 2.60 bits per heavy atom. The highest BCUT2D eigenvalue weighted by atomic mass is 19.1. The van der Waals surface area contributed by atoms with Crippen molar-refractivity contribution in [2.24, 2.45) is 0 Å². The van der Waals surface area contributed by atoms with Crippen LogP contribution in [0.2, 0.25) is 0 Å². The number of rotatable bonds is 2. The maximum Gasteiger partial charge on any atom is 0.337 e. The summed E-state index contributed by atoms with van der Waals surface area (Å²) in [6, 6.07) is 5.88. The standard InChI is InChI=1S/C14H12FNO4/c1-8-5-10(17)7-13(18)16(8)12-6-9(14(19)20-2)3-4-11(12)15/h3-7,17H,1-2H3. The van der Waals surface area contributed by atoms with Gasteiger partial charge in [0.1, 0.15) is 11.6 Å². The van der Waals surface area contributed by atoms with E-state index in [1.807, 2.05) is 0 Å². The quantitative estimate of drug-likeness (QED) is 0.849. The van der Waals surface area contributed by atoms with Gasteiger partial charge in [0.25, 0.3) is 5.56 Å². The molecule has 20 heavy (non-hydrogen) atoms. The Labute approximate surface area is 113 Å². The van der Waals surface area contributed by atoms with Crippen molar-refractivity contribution >= 4 is 5.97 Å². The van der Waals surface area contributed by atoms with Crippen molar-refractivity contribution < 1.29 is 19.0 Å². The maximum atomic E-state index is 13.9. The molecule has 0 aliphatic carbocycles.